The maximum atomic E-state index is 5.99. The van der Waals surface area contributed by atoms with Gasteiger partial charge in [0, 0.05) is 30.7 Å². The van der Waals surface area contributed by atoms with E-state index in [0.29, 0.717) is 6.61 Å². The molecule has 1 N–H and O–H groups in total. The molecule has 1 rings (SSSR count). The normalized spacial score (nSPS) is 11.7. The van der Waals surface area contributed by atoms with Crippen LogP contribution in [0.4, 0.5) is 0 Å². The van der Waals surface area contributed by atoms with Crippen LogP contribution in [-0.4, -0.2) is 36.7 Å². The van der Waals surface area contributed by atoms with E-state index in [2.05, 4.69) is 56.6 Å². The van der Waals surface area contributed by atoms with E-state index in [1.807, 2.05) is 18.2 Å². The van der Waals surface area contributed by atoms with Gasteiger partial charge in [-0.1, -0.05) is 31.2 Å². The summed E-state index contributed by atoms with van der Waals surface area (Å²) in [6, 6.07) is 8.24. The van der Waals surface area contributed by atoms with Gasteiger partial charge in [0.1, 0.15) is 12.4 Å². The van der Waals surface area contributed by atoms with Gasteiger partial charge in [0.2, 0.25) is 0 Å². The molecule has 21 heavy (non-hydrogen) atoms. The minimum absolute atomic E-state index is 0.126. The largest absolute Gasteiger partial charge is 0.492 e. The number of hydrogen-bond acceptors (Lipinski definition) is 3. The highest BCUT2D eigenvalue weighted by Crippen LogP contribution is 2.18. The van der Waals surface area contributed by atoms with Crippen LogP contribution in [0.3, 0.4) is 0 Å². The molecule has 118 valence electrons. The first kappa shape index (κ1) is 17.7. The van der Waals surface area contributed by atoms with Crippen molar-refractivity contribution < 1.29 is 4.74 Å². The average Bonchev–Trinajstić information content (AvgIpc) is 2.44. The Hall–Kier alpha value is -1.32. The first-order chi connectivity index (χ1) is 9.99. The molecule has 0 aliphatic carbocycles. The Bertz CT molecular complexity index is 423. The van der Waals surface area contributed by atoms with Gasteiger partial charge < -0.3 is 10.1 Å². The fraction of sp³-hybridized carbons (Fsp3) is 0.556. The van der Waals surface area contributed by atoms with Gasteiger partial charge in [0.05, 0.1) is 0 Å². The van der Waals surface area contributed by atoms with Crippen LogP contribution in [0.15, 0.2) is 36.9 Å². The summed E-state index contributed by atoms with van der Waals surface area (Å²) in [5.74, 6) is 0.978. The van der Waals surface area contributed by atoms with Crippen molar-refractivity contribution in [3.05, 3.63) is 42.5 Å². The van der Waals surface area contributed by atoms with Crippen LogP contribution < -0.4 is 10.1 Å². The van der Waals surface area contributed by atoms with Crippen LogP contribution in [0.2, 0.25) is 0 Å². The molecule has 0 atom stereocenters. The standard InChI is InChI=1S/C18H30N2O/c1-6-12-20(18(3,4)5)13-14-21-17-11-9-8-10-16(17)15-19-7-2/h6,8-11,19H,1,7,12-15H2,2-5H3. The second kappa shape index (κ2) is 8.85. The van der Waals surface area contributed by atoms with Gasteiger partial charge in [0.25, 0.3) is 0 Å². The van der Waals surface area contributed by atoms with Crippen LogP contribution in [0, 0.1) is 0 Å². The number of benzene rings is 1. The second-order valence-electron chi connectivity index (χ2n) is 6.14. The van der Waals surface area contributed by atoms with E-state index in [-0.39, 0.29) is 5.54 Å². The number of ether oxygens (including phenoxy) is 1. The van der Waals surface area contributed by atoms with E-state index in [1.165, 1.54) is 5.56 Å². The molecule has 1 aromatic rings. The monoisotopic (exact) mass is 290 g/mol. The predicted molar refractivity (Wildman–Crippen MR) is 90.8 cm³/mol. The van der Waals surface area contributed by atoms with Gasteiger partial charge in [-0.05, 0) is 33.4 Å². The molecule has 0 aliphatic rings. The first-order valence-electron chi connectivity index (χ1n) is 7.76. The maximum absolute atomic E-state index is 5.99. The Labute approximate surface area is 130 Å². The van der Waals surface area contributed by atoms with E-state index in [4.69, 9.17) is 4.74 Å². The molecule has 0 aromatic heterocycles. The minimum atomic E-state index is 0.126. The van der Waals surface area contributed by atoms with Crippen LogP contribution in [-0.2, 0) is 6.54 Å². The Balaban J connectivity index is 2.56. The van der Waals surface area contributed by atoms with Crippen molar-refractivity contribution in [1.29, 1.82) is 0 Å². The molecule has 0 radical (unpaired) electrons. The summed E-state index contributed by atoms with van der Waals surface area (Å²) in [7, 11) is 0. The molecule has 0 bridgehead atoms. The van der Waals surface area contributed by atoms with Crippen LogP contribution in [0.1, 0.15) is 33.3 Å². The van der Waals surface area contributed by atoms with Crippen molar-refractivity contribution in [2.75, 3.05) is 26.2 Å². The minimum Gasteiger partial charge on any atom is -0.492 e. The van der Waals surface area contributed by atoms with Crippen LogP contribution in [0.25, 0.3) is 0 Å². The van der Waals surface area contributed by atoms with Gasteiger partial charge >= 0.3 is 0 Å². The van der Waals surface area contributed by atoms with Gasteiger partial charge in [-0.15, -0.1) is 6.58 Å². The number of nitrogens with one attached hydrogen (secondary N) is 1. The highest BCUT2D eigenvalue weighted by atomic mass is 16.5. The third-order valence-corrected chi connectivity index (χ3v) is 3.45. The van der Waals surface area contributed by atoms with E-state index >= 15 is 0 Å². The number of rotatable bonds is 9. The third-order valence-electron chi connectivity index (χ3n) is 3.45. The summed E-state index contributed by atoms with van der Waals surface area (Å²) >= 11 is 0. The first-order valence-corrected chi connectivity index (χ1v) is 7.76. The molecule has 0 unspecified atom stereocenters. The lowest BCUT2D eigenvalue weighted by molar-refractivity contribution is 0.126. The number of para-hydroxylation sites is 1. The molecule has 0 spiro atoms. The average molecular weight is 290 g/mol. The molecule has 3 nitrogen and oxygen atoms in total. The quantitative estimate of drug-likeness (QED) is 0.705. The maximum Gasteiger partial charge on any atom is 0.123 e. The predicted octanol–water partition coefficient (Wildman–Crippen LogP) is 3.46. The summed E-state index contributed by atoms with van der Waals surface area (Å²) in [6.45, 7) is 16.9. The molecule has 0 amide bonds. The Morgan fingerprint density at radius 1 is 1.29 bits per heavy atom. The summed E-state index contributed by atoms with van der Waals surface area (Å²) in [5, 5.41) is 3.35. The Kier molecular flexibility index (Phi) is 7.48. The summed E-state index contributed by atoms with van der Waals surface area (Å²) in [6.07, 6.45) is 1.95. The second-order valence-corrected chi connectivity index (χ2v) is 6.14. The zero-order chi connectivity index (χ0) is 15.7. The van der Waals surface area contributed by atoms with Crippen LogP contribution in [0.5, 0.6) is 5.75 Å². The van der Waals surface area contributed by atoms with E-state index in [9.17, 15) is 0 Å². The molecule has 0 heterocycles. The van der Waals surface area contributed by atoms with Crippen molar-refractivity contribution in [3.8, 4) is 5.75 Å². The van der Waals surface area contributed by atoms with Crippen molar-refractivity contribution in [2.45, 2.75) is 39.8 Å². The number of hydrogen-bond donors (Lipinski definition) is 1. The summed E-state index contributed by atoms with van der Waals surface area (Å²) in [5.41, 5.74) is 1.34. The van der Waals surface area contributed by atoms with Gasteiger partial charge in [0.15, 0.2) is 0 Å². The van der Waals surface area contributed by atoms with Gasteiger partial charge in [-0.25, -0.2) is 0 Å². The fourth-order valence-electron chi connectivity index (χ4n) is 2.17. The zero-order valence-electron chi connectivity index (χ0n) is 14.0. The highest BCUT2D eigenvalue weighted by Gasteiger charge is 2.19. The molecule has 0 saturated carbocycles. The van der Waals surface area contributed by atoms with Crippen molar-refractivity contribution in [1.82, 2.24) is 10.2 Å². The topological polar surface area (TPSA) is 24.5 Å². The molecule has 1 aromatic carbocycles. The van der Waals surface area contributed by atoms with Crippen molar-refractivity contribution in [2.24, 2.45) is 0 Å². The molecular formula is C18H30N2O. The fourth-order valence-corrected chi connectivity index (χ4v) is 2.17. The van der Waals surface area contributed by atoms with Gasteiger partial charge in [-0.3, -0.25) is 4.90 Å². The molecule has 0 fully saturated rings. The lowest BCUT2D eigenvalue weighted by atomic mass is 10.1. The summed E-state index contributed by atoms with van der Waals surface area (Å²) < 4.78 is 5.99. The molecular weight excluding hydrogens is 260 g/mol. The smallest absolute Gasteiger partial charge is 0.123 e. The van der Waals surface area contributed by atoms with Crippen LogP contribution >= 0.6 is 0 Å². The van der Waals surface area contributed by atoms with Crippen molar-refractivity contribution >= 4 is 0 Å². The summed E-state index contributed by atoms with van der Waals surface area (Å²) in [4.78, 5) is 2.37. The molecule has 0 aliphatic heterocycles. The Morgan fingerprint density at radius 2 is 2.00 bits per heavy atom. The van der Waals surface area contributed by atoms with E-state index < -0.39 is 0 Å². The lowest BCUT2D eigenvalue weighted by Crippen LogP contribution is -2.43. The van der Waals surface area contributed by atoms with Gasteiger partial charge in [-0.2, -0.15) is 0 Å². The zero-order valence-corrected chi connectivity index (χ0v) is 14.0. The molecule has 3 heteroatoms. The van der Waals surface area contributed by atoms with E-state index in [0.717, 1.165) is 31.9 Å². The highest BCUT2D eigenvalue weighted by molar-refractivity contribution is 5.33. The molecule has 0 saturated heterocycles. The SMILES string of the molecule is C=CCN(CCOc1ccccc1CNCC)C(C)(C)C. The number of nitrogens with zero attached hydrogens (tertiary/aromatic N) is 1. The Morgan fingerprint density at radius 3 is 2.62 bits per heavy atom. The van der Waals surface area contributed by atoms with Crippen molar-refractivity contribution in [3.63, 3.8) is 0 Å². The lowest BCUT2D eigenvalue weighted by Gasteiger charge is -2.34. The van der Waals surface area contributed by atoms with E-state index in [1.54, 1.807) is 0 Å². The third kappa shape index (κ3) is 6.32.